The summed E-state index contributed by atoms with van der Waals surface area (Å²) in [7, 11) is 2.11. The van der Waals surface area contributed by atoms with E-state index in [0.717, 1.165) is 39.6 Å². The first-order chi connectivity index (χ1) is 14.7. The minimum Gasteiger partial charge on any atom is -0.455 e. The molecule has 0 aliphatic heterocycles. The summed E-state index contributed by atoms with van der Waals surface area (Å²) in [6.45, 7) is 8.93. The number of pyridine rings is 1. The molecular weight excluding hydrogens is 385 g/mol. The second kappa shape index (κ2) is 6.91. The number of halogens is 1. The zero-order valence-corrected chi connectivity index (χ0v) is 18.7. The lowest BCUT2D eigenvalue weighted by Crippen LogP contribution is -2.33. The first kappa shape index (κ1) is 19.7. The fourth-order valence-corrected chi connectivity index (χ4v) is 4.70. The number of fused-ring (bicyclic) bond motifs is 4. The highest BCUT2D eigenvalue weighted by Crippen LogP contribution is 2.38. The molecule has 31 heavy (non-hydrogen) atoms. The third kappa shape index (κ3) is 3.29. The zero-order chi connectivity index (χ0) is 21.9. The number of hydrogen-bond acceptors (Lipinski definition) is 1. The van der Waals surface area contributed by atoms with Crippen LogP contribution < -0.4 is 4.57 Å². The van der Waals surface area contributed by atoms with Gasteiger partial charge in [0.1, 0.15) is 24.0 Å². The maximum absolute atomic E-state index is 13.9. The molecule has 0 N–H and O–H groups in total. The monoisotopic (exact) mass is 412 g/mol. The van der Waals surface area contributed by atoms with Crippen LogP contribution in [0.15, 0.2) is 65.1 Å². The standard InChI is InChI=1S/C28H27FNO/c1-17-10-12-22-21-13-11-19(29)15-25(21)31-27(22)26(17)24-14-18(16-28(2,3)4)20-8-6-7-9-23(20)30(24)5/h6-15H,16H2,1-5H3/q+1. The van der Waals surface area contributed by atoms with E-state index in [0.29, 0.717) is 5.58 Å². The molecule has 0 atom stereocenters. The van der Waals surface area contributed by atoms with Crippen molar-refractivity contribution in [3.05, 3.63) is 77.6 Å². The van der Waals surface area contributed by atoms with Crippen molar-refractivity contribution in [2.24, 2.45) is 12.5 Å². The second-order valence-electron chi connectivity index (χ2n) is 9.75. The van der Waals surface area contributed by atoms with Crippen molar-refractivity contribution in [3.63, 3.8) is 0 Å². The zero-order valence-electron chi connectivity index (χ0n) is 18.7. The van der Waals surface area contributed by atoms with Gasteiger partial charge in [0.2, 0.25) is 11.2 Å². The number of aryl methyl sites for hydroxylation is 2. The van der Waals surface area contributed by atoms with Crippen molar-refractivity contribution >= 4 is 32.8 Å². The average molecular weight is 413 g/mol. The molecule has 0 aliphatic carbocycles. The Kier molecular flexibility index (Phi) is 4.40. The van der Waals surface area contributed by atoms with Crippen LogP contribution in [0, 0.1) is 18.2 Å². The molecule has 2 nitrogen and oxygen atoms in total. The fraction of sp³-hybridized carbons (Fsp3) is 0.250. The Bertz CT molecular complexity index is 1470. The first-order valence-corrected chi connectivity index (χ1v) is 10.8. The van der Waals surface area contributed by atoms with Crippen LogP contribution in [0.2, 0.25) is 0 Å². The van der Waals surface area contributed by atoms with Crippen molar-refractivity contribution in [3.8, 4) is 11.3 Å². The predicted molar refractivity (Wildman–Crippen MR) is 126 cm³/mol. The van der Waals surface area contributed by atoms with Gasteiger partial charge in [0.25, 0.3) is 0 Å². The summed E-state index contributed by atoms with van der Waals surface area (Å²) in [5.41, 5.74) is 7.40. The molecule has 0 unspecified atom stereocenters. The lowest BCUT2D eigenvalue weighted by molar-refractivity contribution is -0.633. The van der Waals surface area contributed by atoms with E-state index in [-0.39, 0.29) is 11.2 Å². The summed E-state index contributed by atoms with van der Waals surface area (Å²) >= 11 is 0. The largest absolute Gasteiger partial charge is 0.455 e. The molecule has 2 heterocycles. The summed E-state index contributed by atoms with van der Waals surface area (Å²) in [5, 5.41) is 3.23. The third-order valence-electron chi connectivity index (χ3n) is 6.07. The molecule has 3 aromatic carbocycles. The summed E-state index contributed by atoms with van der Waals surface area (Å²) in [4.78, 5) is 0. The summed E-state index contributed by atoms with van der Waals surface area (Å²) in [5.74, 6) is -0.284. The van der Waals surface area contributed by atoms with Crippen molar-refractivity contribution in [2.75, 3.05) is 0 Å². The van der Waals surface area contributed by atoms with Gasteiger partial charge >= 0.3 is 0 Å². The number of para-hydroxylation sites is 1. The Morgan fingerprint density at radius 1 is 0.903 bits per heavy atom. The predicted octanol–water partition coefficient (Wildman–Crippen LogP) is 7.27. The molecule has 0 bridgehead atoms. The van der Waals surface area contributed by atoms with E-state index in [4.69, 9.17) is 4.42 Å². The Hall–Kier alpha value is -3.20. The molecular formula is C28H27FNO+. The van der Waals surface area contributed by atoms with Gasteiger partial charge in [-0.3, -0.25) is 0 Å². The quantitative estimate of drug-likeness (QED) is 0.279. The number of furan rings is 1. The molecule has 0 aliphatic rings. The number of aromatic nitrogens is 1. The van der Waals surface area contributed by atoms with Crippen molar-refractivity contribution in [1.82, 2.24) is 0 Å². The van der Waals surface area contributed by atoms with Gasteiger partial charge in [-0.05, 0) is 48.1 Å². The van der Waals surface area contributed by atoms with Crippen LogP contribution >= 0.6 is 0 Å². The molecule has 156 valence electrons. The molecule has 5 rings (SSSR count). The highest BCUT2D eigenvalue weighted by molar-refractivity contribution is 6.09. The summed E-state index contributed by atoms with van der Waals surface area (Å²) in [6.07, 6.45) is 0.974. The van der Waals surface area contributed by atoms with E-state index in [9.17, 15) is 4.39 Å². The van der Waals surface area contributed by atoms with Gasteiger partial charge in [0.15, 0.2) is 0 Å². The van der Waals surface area contributed by atoms with Gasteiger partial charge < -0.3 is 4.42 Å². The van der Waals surface area contributed by atoms with E-state index >= 15 is 0 Å². The van der Waals surface area contributed by atoms with E-state index < -0.39 is 0 Å². The van der Waals surface area contributed by atoms with Crippen LogP contribution in [0.5, 0.6) is 0 Å². The Morgan fingerprint density at radius 3 is 2.42 bits per heavy atom. The van der Waals surface area contributed by atoms with Crippen molar-refractivity contribution in [2.45, 2.75) is 34.1 Å². The molecule has 0 saturated heterocycles. The molecule has 3 heteroatoms. The molecule has 0 saturated carbocycles. The lowest BCUT2D eigenvalue weighted by atomic mass is 9.86. The third-order valence-corrected chi connectivity index (χ3v) is 6.07. The van der Waals surface area contributed by atoms with Crippen LogP contribution in [0.3, 0.4) is 0 Å². The van der Waals surface area contributed by atoms with Gasteiger partial charge in [-0.2, -0.15) is 4.57 Å². The van der Waals surface area contributed by atoms with E-state index in [1.807, 2.05) is 0 Å². The average Bonchev–Trinajstić information content (AvgIpc) is 3.07. The van der Waals surface area contributed by atoms with Crippen LogP contribution in [-0.4, -0.2) is 0 Å². The van der Waals surface area contributed by atoms with Crippen molar-refractivity contribution in [1.29, 1.82) is 0 Å². The molecule has 0 spiro atoms. The van der Waals surface area contributed by atoms with E-state index in [1.54, 1.807) is 6.07 Å². The molecule has 0 amide bonds. The number of rotatable bonds is 2. The molecule has 0 radical (unpaired) electrons. The van der Waals surface area contributed by atoms with E-state index in [2.05, 4.69) is 81.8 Å². The summed E-state index contributed by atoms with van der Waals surface area (Å²) < 4.78 is 22.4. The number of nitrogens with zero attached hydrogens (tertiary/aromatic N) is 1. The van der Waals surface area contributed by atoms with Gasteiger partial charge in [-0.1, -0.05) is 45.0 Å². The Morgan fingerprint density at radius 2 is 1.65 bits per heavy atom. The summed E-state index contributed by atoms with van der Waals surface area (Å²) in [6, 6.07) is 19.9. The normalized spacial score (nSPS) is 12.3. The van der Waals surface area contributed by atoms with E-state index in [1.165, 1.54) is 28.6 Å². The minimum absolute atomic E-state index is 0.165. The number of benzene rings is 3. The lowest BCUT2D eigenvalue weighted by Gasteiger charge is -2.20. The first-order valence-electron chi connectivity index (χ1n) is 10.8. The maximum atomic E-state index is 13.9. The Balaban J connectivity index is 1.88. The highest BCUT2D eigenvalue weighted by atomic mass is 19.1. The Labute approximate surface area is 181 Å². The topological polar surface area (TPSA) is 17.0 Å². The molecule has 0 fully saturated rings. The van der Waals surface area contributed by atoms with Gasteiger partial charge in [0, 0.05) is 34.4 Å². The number of hydrogen-bond donors (Lipinski definition) is 0. The van der Waals surface area contributed by atoms with Crippen LogP contribution in [-0.2, 0) is 13.5 Å². The minimum atomic E-state index is -0.284. The van der Waals surface area contributed by atoms with Gasteiger partial charge in [-0.25, -0.2) is 4.39 Å². The van der Waals surface area contributed by atoms with Crippen LogP contribution in [0.4, 0.5) is 4.39 Å². The molecule has 2 aromatic heterocycles. The molecule has 5 aromatic rings. The van der Waals surface area contributed by atoms with Crippen LogP contribution in [0.1, 0.15) is 31.9 Å². The van der Waals surface area contributed by atoms with Crippen LogP contribution in [0.25, 0.3) is 44.1 Å². The fourth-order valence-electron chi connectivity index (χ4n) is 4.70. The smallest absolute Gasteiger partial charge is 0.217 e. The highest BCUT2D eigenvalue weighted by Gasteiger charge is 2.25. The second-order valence-corrected chi connectivity index (χ2v) is 9.75. The van der Waals surface area contributed by atoms with Gasteiger partial charge in [-0.15, -0.1) is 0 Å². The maximum Gasteiger partial charge on any atom is 0.217 e. The SMILES string of the molecule is Cc1ccc2c(oc3cc(F)ccc32)c1-c1cc(CC(C)(C)C)c2ccccc2[n+]1C. The van der Waals surface area contributed by atoms with Gasteiger partial charge in [0.05, 0.1) is 5.56 Å². The van der Waals surface area contributed by atoms with Crippen molar-refractivity contribution < 1.29 is 13.4 Å².